The van der Waals surface area contributed by atoms with Crippen LogP contribution in [-0.4, -0.2) is 11.7 Å². The largest absolute Gasteiger partial charge is 0.396 e. The first-order valence-corrected chi connectivity index (χ1v) is 5.66. The normalized spacial score (nSPS) is 14.1. The van der Waals surface area contributed by atoms with Crippen LogP contribution in [0.4, 0.5) is 0 Å². The zero-order valence-electron chi connectivity index (χ0n) is 10.9. The van der Waals surface area contributed by atoms with Crippen molar-refractivity contribution in [1.29, 1.82) is 0 Å². The van der Waals surface area contributed by atoms with Crippen LogP contribution in [0.3, 0.4) is 0 Å². The van der Waals surface area contributed by atoms with Crippen molar-refractivity contribution < 1.29 is 5.11 Å². The van der Waals surface area contributed by atoms with Gasteiger partial charge in [-0.1, -0.05) is 58.9 Å². The molecule has 0 bridgehead atoms. The van der Waals surface area contributed by atoms with Gasteiger partial charge < -0.3 is 5.11 Å². The van der Waals surface area contributed by atoms with E-state index in [-0.39, 0.29) is 12.0 Å². The van der Waals surface area contributed by atoms with E-state index >= 15 is 0 Å². The predicted molar refractivity (Wildman–Crippen MR) is 67.8 cm³/mol. The topological polar surface area (TPSA) is 20.2 Å². The van der Waals surface area contributed by atoms with Gasteiger partial charge in [-0.2, -0.15) is 0 Å². The third-order valence-electron chi connectivity index (χ3n) is 2.54. The summed E-state index contributed by atoms with van der Waals surface area (Å²) < 4.78 is 0. The summed E-state index contributed by atoms with van der Waals surface area (Å²) in [5.74, 6) is 0. The zero-order valence-corrected chi connectivity index (χ0v) is 10.9. The molecule has 0 saturated heterocycles. The maximum Gasteiger partial charge on any atom is 0.0468 e. The minimum atomic E-state index is 0.134. The fourth-order valence-electron chi connectivity index (χ4n) is 2.35. The lowest BCUT2D eigenvalue weighted by molar-refractivity contribution is 0.229. The molecule has 0 rings (SSSR count). The van der Waals surface area contributed by atoms with Gasteiger partial charge in [-0.25, -0.2) is 0 Å². The van der Waals surface area contributed by atoms with Crippen molar-refractivity contribution in [3.05, 3.63) is 24.3 Å². The quantitative estimate of drug-likeness (QED) is 0.681. The summed E-state index contributed by atoms with van der Waals surface area (Å²) in [5.41, 5.74) is 1.73. The zero-order chi connectivity index (χ0) is 12.1. The molecule has 0 amide bonds. The van der Waals surface area contributed by atoms with E-state index < -0.39 is 0 Å². The van der Waals surface area contributed by atoms with E-state index in [0.717, 1.165) is 12.8 Å². The molecule has 0 aromatic rings. The number of hydrogen-bond donors (Lipinski definition) is 1. The summed E-state index contributed by atoms with van der Waals surface area (Å²) in [6.07, 6.45) is 5.71. The Labute approximate surface area is 94.9 Å². The molecule has 0 unspecified atom stereocenters. The standard InChI is InChI=1S/C14H26O/c1-7-8-12(9-10-15)14(5,6)11-13(2,3)4/h7-8,15H,1,9-11H2,2-6H3/b12-8+. The van der Waals surface area contributed by atoms with Crippen molar-refractivity contribution >= 4 is 0 Å². The van der Waals surface area contributed by atoms with E-state index in [0.29, 0.717) is 5.41 Å². The Kier molecular flexibility index (Phi) is 5.30. The molecule has 88 valence electrons. The molecule has 1 N–H and O–H groups in total. The predicted octanol–water partition coefficient (Wildman–Crippen LogP) is 3.94. The van der Waals surface area contributed by atoms with E-state index in [1.54, 1.807) is 0 Å². The third kappa shape index (κ3) is 5.78. The summed E-state index contributed by atoms with van der Waals surface area (Å²) in [6, 6.07) is 0. The maximum atomic E-state index is 9.05. The van der Waals surface area contributed by atoms with Gasteiger partial charge in [0.05, 0.1) is 0 Å². The molecule has 0 aliphatic carbocycles. The Balaban J connectivity index is 4.79. The average Bonchev–Trinajstić information content (AvgIpc) is 1.99. The molecule has 0 aromatic carbocycles. The second-order valence-corrected chi connectivity index (χ2v) is 6.02. The van der Waals surface area contributed by atoms with Gasteiger partial charge in [0.15, 0.2) is 0 Å². The van der Waals surface area contributed by atoms with Crippen LogP contribution in [0.25, 0.3) is 0 Å². The number of hydrogen-bond acceptors (Lipinski definition) is 1. The monoisotopic (exact) mass is 210 g/mol. The van der Waals surface area contributed by atoms with Crippen LogP contribution < -0.4 is 0 Å². The van der Waals surface area contributed by atoms with Crippen molar-refractivity contribution in [2.45, 2.75) is 47.5 Å². The average molecular weight is 210 g/mol. The van der Waals surface area contributed by atoms with Gasteiger partial charge in [-0.05, 0) is 23.7 Å². The summed E-state index contributed by atoms with van der Waals surface area (Å²) in [5, 5.41) is 9.05. The summed E-state index contributed by atoms with van der Waals surface area (Å²) in [7, 11) is 0. The van der Waals surface area contributed by atoms with Crippen molar-refractivity contribution in [3.8, 4) is 0 Å². The number of aliphatic hydroxyl groups is 1. The molecule has 1 nitrogen and oxygen atoms in total. The first kappa shape index (κ1) is 14.4. The molecule has 15 heavy (non-hydrogen) atoms. The molecule has 0 aliphatic rings. The van der Waals surface area contributed by atoms with Crippen LogP contribution >= 0.6 is 0 Å². The van der Waals surface area contributed by atoms with E-state index in [4.69, 9.17) is 5.11 Å². The first-order valence-electron chi connectivity index (χ1n) is 5.66. The lowest BCUT2D eigenvalue weighted by atomic mass is 9.71. The number of rotatable bonds is 5. The first-order chi connectivity index (χ1) is 6.73. The molecular weight excluding hydrogens is 184 g/mol. The molecule has 0 saturated carbocycles. The molecule has 0 fully saturated rings. The lowest BCUT2D eigenvalue weighted by Gasteiger charge is -2.34. The minimum Gasteiger partial charge on any atom is -0.396 e. The molecule has 0 aromatic heterocycles. The van der Waals surface area contributed by atoms with Crippen LogP contribution in [0.15, 0.2) is 24.3 Å². The van der Waals surface area contributed by atoms with Crippen molar-refractivity contribution in [2.75, 3.05) is 6.61 Å². The maximum absolute atomic E-state index is 9.05. The summed E-state index contributed by atoms with van der Waals surface area (Å²) >= 11 is 0. The Hall–Kier alpha value is -0.560. The molecule has 0 radical (unpaired) electrons. The van der Waals surface area contributed by atoms with Crippen molar-refractivity contribution in [2.24, 2.45) is 10.8 Å². The Morgan fingerprint density at radius 3 is 2.07 bits per heavy atom. The van der Waals surface area contributed by atoms with E-state index in [1.165, 1.54) is 5.57 Å². The Morgan fingerprint density at radius 1 is 1.20 bits per heavy atom. The van der Waals surface area contributed by atoms with Crippen LogP contribution in [0.1, 0.15) is 47.5 Å². The smallest absolute Gasteiger partial charge is 0.0468 e. The summed E-state index contributed by atoms with van der Waals surface area (Å²) in [4.78, 5) is 0. The van der Waals surface area contributed by atoms with Crippen molar-refractivity contribution in [3.63, 3.8) is 0 Å². The Morgan fingerprint density at radius 2 is 1.73 bits per heavy atom. The van der Waals surface area contributed by atoms with E-state index in [9.17, 15) is 0 Å². The second-order valence-electron chi connectivity index (χ2n) is 6.02. The second kappa shape index (κ2) is 5.50. The Bertz CT molecular complexity index is 228. The van der Waals surface area contributed by atoms with Gasteiger partial charge in [0, 0.05) is 6.61 Å². The van der Waals surface area contributed by atoms with Gasteiger partial charge in [0.2, 0.25) is 0 Å². The van der Waals surface area contributed by atoms with Crippen LogP contribution in [0, 0.1) is 10.8 Å². The highest BCUT2D eigenvalue weighted by Gasteiger charge is 2.28. The fraction of sp³-hybridized carbons (Fsp3) is 0.714. The number of aliphatic hydroxyl groups excluding tert-OH is 1. The highest BCUT2D eigenvalue weighted by atomic mass is 16.2. The summed E-state index contributed by atoms with van der Waals surface area (Å²) in [6.45, 7) is 15.2. The van der Waals surface area contributed by atoms with Gasteiger partial charge in [-0.3, -0.25) is 0 Å². The van der Waals surface area contributed by atoms with Crippen LogP contribution in [-0.2, 0) is 0 Å². The van der Waals surface area contributed by atoms with Crippen LogP contribution in [0.2, 0.25) is 0 Å². The van der Waals surface area contributed by atoms with Crippen LogP contribution in [0.5, 0.6) is 0 Å². The fourth-order valence-corrected chi connectivity index (χ4v) is 2.35. The van der Waals surface area contributed by atoms with Crippen molar-refractivity contribution in [1.82, 2.24) is 0 Å². The molecule has 0 heterocycles. The highest BCUT2D eigenvalue weighted by molar-refractivity contribution is 5.18. The minimum absolute atomic E-state index is 0.134. The lowest BCUT2D eigenvalue weighted by Crippen LogP contribution is -2.23. The van der Waals surface area contributed by atoms with E-state index in [2.05, 4.69) is 41.2 Å². The van der Waals surface area contributed by atoms with Gasteiger partial charge in [0.25, 0.3) is 0 Å². The highest BCUT2D eigenvalue weighted by Crippen LogP contribution is 2.39. The molecule has 0 aliphatic heterocycles. The van der Waals surface area contributed by atoms with E-state index in [1.807, 2.05) is 12.2 Å². The van der Waals surface area contributed by atoms with Gasteiger partial charge in [-0.15, -0.1) is 0 Å². The van der Waals surface area contributed by atoms with Gasteiger partial charge >= 0.3 is 0 Å². The molecule has 0 spiro atoms. The third-order valence-corrected chi connectivity index (χ3v) is 2.54. The molecule has 1 heteroatoms. The number of allylic oxidation sites excluding steroid dienone is 2. The molecular formula is C14H26O. The molecule has 0 atom stereocenters. The van der Waals surface area contributed by atoms with Gasteiger partial charge in [0.1, 0.15) is 0 Å². The SMILES string of the molecule is C=C/C=C(\CCO)C(C)(C)CC(C)(C)C.